The van der Waals surface area contributed by atoms with Gasteiger partial charge in [0, 0.05) is 12.1 Å². The zero-order chi connectivity index (χ0) is 16.8. The molecule has 2 atom stereocenters. The van der Waals surface area contributed by atoms with Crippen LogP contribution in [0.4, 0.5) is 0 Å². The van der Waals surface area contributed by atoms with Crippen LogP contribution in [-0.2, 0) is 0 Å². The molecule has 25 heavy (non-hydrogen) atoms. The molecular formula is C22H21NO2. The van der Waals surface area contributed by atoms with Crippen molar-refractivity contribution in [2.24, 2.45) is 0 Å². The molecule has 5 rings (SSSR count). The molecule has 0 bridgehead atoms. The van der Waals surface area contributed by atoms with Crippen molar-refractivity contribution in [3.63, 3.8) is 0 Å². The summed E-state index contributed by atoms with van der Waals surface area (Å²) in [6.45, 7) is 1.07. The molecule has 2 aliphatic rings. The smallest absolute Gasteiger partial charge is 0.153 e. The predicted octanol–water partition coefficient (Wildman–Crippen LogP) is 4.75. The van der Waals surface area contributed by atoms with Gasteiger partial charge in [0.1, 0.15) is 11.5 Å². The summed E-state index contributed by atoms with van der Waals surface area (Å²) < 4.78 is 11.7. The standard InChI is InChI=1S/C22H21NO2/c1-24-17-11-8-16(9-12-17)22-21-18-6-3-2-5-15(18)10-13-19(21)25-20-7-4-14-23(20)22/h2-3,5-6,8-13,20,22H,4,7,14H2,1H3. The topological polar surface area (TPSA) is 21.7 Å². The number of fused-ring (bicyclic) bond motifs is 4. The van der Waals surface area contributed by atoms with Crippen molar-refractivity contribution in [3.05, 3.63) is 71.8 Å². The van der Waals surface area contributed by atoms with Crippen molar-refractivity contribution in [2.75, 3.05) is 13.7 Å². The van der Waals surface area contributed by atoms with Crippen LogP contribution in [0.5, 0.6) is 11.5 Å². The van der Waals surface area contributed by atoms with Gasteiger partial charge in [0.2, 0.25) is 0 Å². The Morgan fingerprint density at radius 3 is 2.68 bits per heavy atom. The Hall–Kier alpha value is -2.52. The summed E-state index contributed by atoms with van der Waals surface area (Å²) in [5.74, 6) is 1.93. The first-order chi connectivity index (χ1) is 12.3. The van der Waals surface area contributed by atoms with Crippen LogP contribution in [0.15, 0.2) is 60.7 Å². The maximum Gasteiger partial charge on any atom is 0.153 e. The second kappa shape index (κ2) is 5.78. The van der Waals surface area contributed by atoms with E-state index in [1.165, 1.54) is 28.3 Å². The highest BCUT2D eigenvalue weighted by Gasteiger charge is 2.40. The van der Waals surface area contributed by atoms with E-state index in [1.54, 1.807) is 7.11 Å². The average Bonchev–Trinajstić information content (AvgIpc) is 3.14. The lowest BCUT2D eigenvalue weighted by molar-refractivity contribution is 0.0176. The van der Waals surface area contributed by atoms with Crippen LogP contribution in [-0.4, -0.2) is 24.8 Å². The van der Waals surface area contributed by atoms with Gasteiger partial charge in [0.25, 0.3) is 0 Å². The third-order valence-corrected chi connectivity index (χ3v) is 5.47. The number of methoxy groups -OCH3 is 1. The molecule has 0 saturated carbocycles. The first-order valence-corrected chi connectivity index (χ1v) is 8.93. The molecule has 2 heterocycles. The number of ether oxygens (including phenoxy) is 2. The van der Waals surface area contributed by atoms with Gasteiger partial charge in [-0.3, -0.25) is 4.90 Å². The highest BCUT2D eigenvalue weighted by molar-refractivity contribution is 5.89. The fraction of sp³-hybridized carbons (Fsp3) is 0.273. The molecule has 0 radical (unpaired) electrons. The van der Waals surface area contributed by atoms with Crippen LogP contribution < -0.4 is 9.47 Å². The minimum absolute atomic E-state index is 0.181. The van der Waals surface area contributed by atoms with Crippen molar-refractivity contribution in [1.29, 1.82) is 0 Å². The van der Waals surface area contributed by atoms with Gasteiger partial charge in [0.15, 0.2) is 6.23 Å². The van der Waals surface area contributed by atoms with Gasteiger partial charge < -0.3 is 9.47 Å². The summed E-state index contributed by atoms with van der Waals surface area (Å²) in [4.78, 5) is 2.51. The summed E-state index contributed by atoms with van der Waals surface area (Å²) in [6, 6.07) is 21.6. The lowest BCUT2D eigenvalue weighted by atomic mass is 9.90. The maximum atomic E-state index is 6.36. The van der Waals surface area contributed by atoms with Crippen molar-refractivity contribution in [3.8, 4) is 11.5 Å². The van der Waals surface area contributed by atoms with E-state index in [9.17, 15) is 0 Å². The SMILES string of the molecule is COc1ccc(C2c3c(ccc4ccccc34)OC3CCCN32)cc1. The first-order valence-electron chi connectivity index (χ1n) is 8.93. The summed E-state index contributed by atoms with van der Waals surface area (Å²) in [5, 5.41) is 2.55. The molecule has 0 aromatic heterocycles. The first kappa shape index (κ1) is 14.8. The zero-order valence-electron chi connectivity index (χ0n) is 14.3. The van der Waals surface area contributed by atoms with Crippen molar-refractivity contribution >= 4 is 10.8 Å². The van der Waals surface area contributed by atoms with Crippen LogP contribution >= 0.6 is 0 Å². The maximum absolute atomic E-state index is 6.36. The van der Waals surface area contributed by atoms with Crippen LogP contribution in [0.2, 0.25) is 0 Å². The Labute approximate surface area is 147 Å². The minimum Gasteiger partial charge on any atom is -0.497 e. The van der Waals surface area contributed by atoms with E-state index in [0.29, 0.717) is 0 Å². The van der Waals surface area contributed by atoms with Gasteiger partial charge in [-0.05, 0) is 47.4 Å². The van der Waals surface area contributed by atoms with Gasteiger partial charge in [-0.1, -0.05) is 42.5 Å². The molecule has 0 spiro atoms. The Bertz CT molecular complexity index is 919. The quantitative estimate of drug-likeness (QED) is 0.676. The fourth-order valence-corrected chi connectivity index (χ4v) is 4.30. The van der Waals surface area contributed by atoms with Gasteiger partial charge >= 0.3 is 0 Å². The Morgan fingerprint density at radius 2 is 1.84 bits per heavy atom. The lowest BCUT2D eigenvalue weighted by Gasteiger charge is -2.40. The predicted molar refractivity (Wildman–Crippen MR) is 99.1 cm³/mol. The number of hydrogen-bond donors (Lipinski definition) is 0. The molecule has 3 heteroatoms. The second-order valence-electron chi connectivity index (χ2n) is 6.83. The summed E-state index contributed by atoms with van der Waals surface area (Å²) in [6.07, 6.45) is 2.46. The highest BCUT2D eigenvalue weighted by atomic mass is 16.5. The Balaban J connectivity index is 1.73. The van der Waals surface area contributed by atoms with Crippen LogP contribution in [0, 0.1) is 0 Å². The molecule has 1 saturated heterocycles. The monoisotopic (exact) mass is 331 g/mol. The molecule has 3 aromatic carbocycles. The van der Waals surface area contributed by atoms with Crippen molar-refractivity contribution in [1.82, 2.24) is 4.90 Å². The fourth-order valence-electron chi connectivity index (χ4n) is 4.30. The van der Waals surface area contributed by atoms with Gasteiger partial charge in [-0.25, -0.2) is 0 Å². The number of benzene rings is 3. The molecule has 3 nitrogen and oxygen atoms in total. The third-order valence-electron chi connectivity index (χ3n) is 5.47. The van der Waals surface area contributed by atoms with Gasteiger partial charge in [-0.2, -0.15) is 0 Å². The Morgan fingerprint density at radius 1 is 1.00 bits per heavy atom. The minimum atomic E-state index is 0.181. The molecule has 126 valence electrons. The number of rotatable bonds is 2. The largest absolute Gasteiger partial charge is 0.497 e. The van der Waals surface area contributed by atoms with Gasteiger partial charge in [-0.15, -0.1) is 0 Å². The van der Waals surface area contributed by atoms with E-state index in [4.69, 9.17) is 9.47 Å². The molecule has 3 aromatic rings. The normalized spacial score (nSPS) is 22.3. The molecule has 2 unspecified atom stereocenters. The van der Waals surface area contributed by atoms with Crippen molar-refractivity contribution in [2.45, 2.75) is 25.1 Å². The second-order valence-corrected chi connectivity index (χ2v) is 6.83. The van der Waals surface area contributed by atoms with E-state index in [2.05, 4.69) is 65.6 Å². The summed E-state index contributed by atoms with van der Waals surface area (Å²) in [7, 11) is 1.71. The zero-order valence-corrected chi connectivity index (χ0v) is 14.3. The molecule has 0 aliphatic carbocycles. The summed E-state index contributed by atoms with van der Waals surface area (Å²) in [5.41, 5.74) is 2.59. The van der Waals surface area contributed by atoms with E-state index < -0.39 is 0 Å². The Kier molecular flexibility index (Phi) is 3.42. The van der Waals surface area contributed by atoms with Gasteiger partial charge in [0.05, 0.1) is 13.2 Å². The molecular weight excluding hydrogens is 310 g/mol. The van der Waals surface area contributed by atoms with E-state index in [1.807, 2.05) is 0 Å². The lowest BCUT2D eigenvalue weighted by Crippen LogP contribution is -2.41. The van der Waals surface area contributed by atoms with E-state index >= 15 is 0 Å². The third kappa shape index (κ3) is 2.30. The number of hydrogen-bond acceptors (Lipinski definition) is 3. The van der Waals surface area contributed by atoms with Crippen molar-refractivity contribution < 1.29 is 9.47 Å². The van der Waals surface area contributed by atoms with Crippen LogP contribution in [0.3, 0.4) is 0 Å². The van der Waals surface area contributed by atoms with Crippen LogP contribution in [0.1, 0.15) is 30.0 Å². The molecule has 0 N–H and O–H groups in total. The average molecular weight is 331 g/mol. The summed E-state index contributed by atoms with van der Waals surface area (Å²) >= 11 is 0. The molecule has 2 aliphatic heterocycles. The van der Waals surface area contributed by atoms with E-state index in [-0.39, 0.29) is 12.3 Å². The molecule has 0 amide bonds. The molecule has 1 fully saturated rings. The van der Waals surface area contributed by atoms with Crippen LogP contribution in [0.25, 0.3) is 10.8 Å². The number of nitrogens with zero attached hydrogens (tertiary/aromatic N) is 1. The highest BCUT2D eigenvalue weighted by Crippen LogP contribution is 2.47. The van der Waals surface area contributed by atoms with E-state index in [0.717, 1.165) is 24.5 Å².